The van der Waals surface area contributed by atoms with E-state index in [-0.39, 0.29) is 0 Å². The average Bonchev–Trinajstić information content (AvgIpc) is 3.16. The van der Waals surface area contributed by atoms with Crippen LogP contribution in [0.4, 0.5) is 0 Å². The second-order valence-electron chi connectivity index (χ2n) is 4.95. The Kier molecular flexibility index (Phi) is 2.60. The lowest BCUT2D eigenvalue weighted by Gasteiger charge is -2.07. The zero-order chi connectivity index (χ0) is 13.4. The Morgan fingerprint density at radius 1 is 0.950 bits per heavy atom. The summed E-state index contributed by atoms with van der Waals surface area (Å²) in [5.41, 5.74) is 4.91. The Hall–Kier alpha value is -2.46. The van der Waals surface area contributed by atoms with Gasteiger partial charge in [0.05, 0.1) is 0 Å². The van der Waals surface area contributed by atoms with Crippen LogP contribution in [0.5, 0.6) is 0 Å². The van der Waals surface area contributed by atoms with E-state index in [1.807, 2.05) is 22.8 Å². The van der Waals surface area contributed by atoms with Crippen molar-refractivity contribution in [1.29, 1.82) is 0 Å². The van der Waals surface area contributed by atoms with Crippen LogP contribution < -0.4 is 5.32 Å². The summed E-state index contributed by atoms with van der Waals surface area (Å²) in [6.45, 7) is 1.89. The van der Waals surface area contributed by atoms with Crippen LogP contribution in [0, 0.1) is 0 Å². The fourth-order valence-corrected chi connectivity index (χ4v) is 2.64. The molecule has 0 unspecified atom stereocenters. The highest BCUT2D eigenvalue weighted by Crippen LogP contribution is 2.25. The van der Waals surface area contributed by atoms with Crippen molar-refractivity contribution < 1.29 is 0 Å². The van der Waals surface area contributed by atoms with E-state index < -0.39 is 0 Å². The molecule has 2 heterocycles. The summed E-state index contributed by atoms with van der Waals surface area (Å²) in [7, 11) is 0. The standard InChI is InChI=1S/C16H14N4/c1-2-4-15(5-3-1)20-11-18-19-16(20)12-6-7-13-9-17-10-14(13)8-12/h1-8,11,17H,9-10H2. The van der Waals surface area contributed by atoms with Crippen LogP contribution in [0.15, 0.2) is 54.9 Å². The van der Waals surface area contributed by atoms with Gasteiger partial charge in [0, 0.05) is 24.3 Å². The summed E-state index contributed by atoms with van der Waals surface area (Å²) in [4.78, 5) is 0. The Bertz CT molecular complexity index is 746. The Morgan fingerprint density at radius 3 is 2.70 bits per heavy atom. The van der Waals surface area contributed by atoms with Crippen LogP contribution in [-0.4, -0.2) is 14.8 Å². The second kappa shape index (κ2) is 4.58. The predicted molar refractivity (Wildman–Crippen MR) is 77.3 cm³/mol. The molecule has 0 saturated heterocycles. The smallest absolute Gasteiger partial charge is 0.168 e. The van der Waals surface area contributed by atoms with Crippen LogP contribution in [0.25, 0.3) is 17.1 Å². The minimum Gasteiger partial charge on any atom is -0.309 e. The van der Waals surface area contributed by atoms with Gasteiger partial charge in [-0.2, -0.15) is 0 Å². The molecule has 1 aliphatic heterocycles. The molecular formula is C16H14N4. The lowest BCUT2D eigenvalue weighted by atomic mass is 10.1. The molecule has 0 radical (unpaired) electrons. The molecule has 3 aromatic rings. The SMILES string of the molecule is c1ccc(-n2cnnc2-c2ccc3c(c2)CNC3)cc1. The number of hydrogen-bond donors (Lipinski definition) is 1. The summed E-state index contributed by atoms with van der Waals surface area (Å²) in [6, 6.07) is 16.7. The van der Waals surface area contributed by atoms with Gasteiger partial charge in [-0.25, -0.2) is 0 Å². The van der Waals surface area contributed by atoms with Gasteiger partial charge in [0.2, 0.25) is 0 Å². The van der Waals surface area contributed by atoms with Gasteiger partial charge in [-0.1, -0.05) is 30.3 Å². The van der Waals surface area contributed by atoms with Crippen LogP contribution >= 0.6 is 0 Å². The van der Waals surface area contributed by atoms with E-state index in [9.17, 15) is 0 Å². The Labute approximate surface area is 117 Å². The second-order valence-corrected chi connectivity index (χ2v) is 4.95. The van der Waals surface area contributed by atoms with Crippen molar-refractivity contribution in [2.24, 2.45) is 0 Å². The highest BCUT2D eigenvalue weighted by molar-refractivity contribution is 5.60. The molecule has 0 spiro atoms. The summed E-state index contributed by atoms with van der Waals surface area (Å²) in [5, 5.41) is 11.7. The maximum absolute atomic E-state index is 4.28. The molecule has 0 aliphatic carbocycles. The fourth-order valence-electron chi connectivity index (χ4n) is 2.64. The third kappa shape index (κ3) is 1.82. The normalized spacial score (nSPS) is 13.4. The van der Waals surface area contributed by atoms with Crippen LogP contribution in [0.3, 0.4) is 0 Å². The van der Waals surface area contributed by atoms with Crippen molar-refractivity contribution in [2.75, 3.05) is 0 Å². The predicted octanol–water partition coefficient (Wildman–Crippen LogP) is 2.54. The van der Waals surface area contributed by atoms with E-state index in [0.29, 0.717) is 0 Å². The molecule has 1 N–H and O–H groups in total. The molecule has 1 aromatic heterocycles. The van der Waals surface area contributed by atoms with E-state index in [4.69, 9.17) is 0 Å². The number of hydrogen-bond acceptors (Lipinski definition) is 3. The Balaban J connectivity index is 1.82. The first-order valence-corrected chi connectivity index (χ1v) is 6.70. The molecule has 4 nitrogen and oxygen atoms in total. The van der Waals surface area contributed by atoms with Gasteiger partial charge in [-0.05, 0) is 29.3 Å². The molecule has 2 aromatic carbocycles. The van der Waals surface area contributed by atoms with Crippen LogP contribution in [0.2, 0.25) is 0 Å². The zero-order valence-electron chi connectivity index (χ0n) is 11.0. The number of para-hydroxylation sites is 1. The third-order valence-electron chi connectivity index (χ3n) is 3.68. The van der Waals surface area contributed by atoms with Crippen molar-refractivity contribution in [2.45, 2.75) is 13.1 Å². The number of nitrogens with one attached hydrogen (secondary N) is 1. The molecule has 20 heavy (non-hydrogen) atoms. The first kappa shape index (κ1) is 11.4. The van der Waals surface area contributed by atoms with Gasteiger partial charge in [0.25, 0.3) is 0 Å². The van der Waals surface area contributed by atoms with E-state index in [2.05, 4.69) is 45.8 Å². The van der Waals surface area contributed by atoms with Gasteiger partial charge in [0.1, 0.15) is 6.33 Å². The molecule has 0 saturated carbocycles. The summed E-state index contributed by atoms with van der Waals surface area (Å²) >= 11 is 0. The largest absolute Gasteiger partial charge is 0.309 e. The molecule has 0 atom stereocenters. The summed E-state index contributed by atoms with van der Waals surface area (Å²) < 4.78 is 2.02. The molecule has 1 aliphatic rings. The van der Waals surface area contributed by atoms with Crippen LogP contribution in [-0.2, 0) is 13.1 Å². The third-order valence-corrected chi connectivity index (χ3v) is 3.68. The van der Waals surface area contributed by atoms with Gasteiger partial charge in [-0.3, -0.25) is 4.57 Å². The monoisotopic (exact) mass is 262 g/mol. The Morgan fingerprint density at radius 2 is 1.80 bits per heavy atom. The van der Waals surface area contributed by atoms with Crippen LogP contribution in [0.1, 0.15) is 11.1 Å². The number of aromatic nitrogens is 3. The van der Waals surface area contributed by atoms with Gasteiger partial charge >= 0.3 is 0 Å². The highest BCUT2D eigenvalue weighted by Gasteiger charge is 2.14. The number of rotatable bonds is 2. The maximum Gasteiger partial charge on any atom is 0.168 e. The number of nitrogens with zero attached hydrogens (tertiary/aromatic N) is 3. The van der Waals surface area contributed by atoms with Crippen molar-refractivity contribution in [3.63, 3.8) is 0 Å². The highest BCUT2D eigenvalue weighted by atomic mass is 15.3. The maximum atomic E-state index is 4.28. The summed E-state index contributed by atoms with van der Waals surface area (Å²) in [6.07, 6.45) is 1.76. The van der Waals surface area contributed by atoms with Gasteiger partial charge in [0.15, 0.2) is 5.82 Å². The van der Waals surface area contributed by atoms with Crippen molar-refractivity contribution >= 4 is 0 Å². The quantitative estimate of drug-likeness (QED) is 0.771. The number of fused-ring (bicyclic) bond motifs is 1. The zero-order valence-corrected chi connectivity index (χ0v) is 11.0. The van der Waals surface area contributed by atoms with Crippen molar-refractivity contribution in [1.82, 2.24) is 20.1 Å². The fraction of sp³-hybridized carbons (Fsp3) is 0.125. The molecule has 0 bridgehead atoms. The lowest BCUT2D eigenvalue weighted by Crippen LogP contribution is -1.99. The number of benzene rings is 2. The van der Waals surface area contributed by atoms with Gasteiger partial charge < -0.3 is 5.32 Å². The average molecular weight is 262 g/mol. The van der Waals surface area contributed by atoms with E-state index in [1.165, 1.54) is 11.1 Å². The topological polar surface area (TPSA) is 42.7 Å². The summed E-state index contributed by atoms with van der Waals surface area (Å²) in [5.74, 6) is 0.880. The molecule has 0 fully saturated rings. The van der Waals surface area contributed by atoms with E-state index in [0.717, 1.165) is 30.2 Å². The van der Waals surface area contributed by atoms with Crippen molar-refractivity contribution in [3.8, 4) is 17.1 Å². The molecule has 0 amide bonds. The lowest BCUT2D eigenvalue weighted by molar-refractivity contribution is 0.765. The van der Waals surface area contributed by atoms with E-state index in [1.54, 1.807) is 6.33 Å². The first-order chi connectivity index (χ1) is 9.92. The minimum atomic E-state index is 0.880. The molecular weight excluding hydrogens is 248 g/mol. The molecule has 98 valence electrons. The first-order valence-electron chi connectivity index (χ1n) is 6.70. The molecule has 4 heteroatoms. The van der Waals surface area contributed by atoms with E-state index >= 15 is 0 Å². The minimum absolute atomic E-state index is 0.880. The molecule has 4 rings (SSSR count). The van der Waals surface area contributed by atoms with Crippen molar-refractivity contribution in [3.05, 3.63) is 66.0 Å². The van der Waals surface area contributed by atoms with Gasteiger partial charge in [-0.15, -0.1) is 10.2 Å².